The van der Waals surface area contributed by atoms with Crippen molar-refractivity contribution in [3.63, 3.8) is 0 Å². The zero-order chi connectivity index (χ0) is 25.2. The Morgan fingerprint density at radius 1 is 1.00 bits per heavy atom. The Labute approximate surface area is 205 Å². The van der Waals surface area contributed by atoms with Crippen LogP contribution in [-0.4, -0.2) is 83.5 Å². The number of carboxylic acids is 2. The van der Waals surface area contributed by atoms with Crippen LogP contribution in [0.15, 0.2) is 48.7 Å². The van der Waals surface area contributed by atoms with E-state index in [0.29, 0.717) is 0 Å². The van der Waals surface area contributed by atoms with Crippen LogP contribution in [0.5, 0.6) is 0 Å². The minimum Gasteiger partial charge on any atom is -0.473 e. The van der Waals surface area contributed by atoms with E-state index in [1.807, 2.05) is 6.20 Å². The lowest BCUT2D eigenvalue weighted by atomic mass is 10.1. The first-order valence-electron chi connectivity index (χ1n) is 11.7. The fourth-order valence-corrected chi connectivity index (χ4v) is 3.97. The number of benzene rings is 1. The number of pyridine rings is 2. The van der Waals surface area contributed by atoms with Gasteiger partial charge in [0.25, 0.3) is 0 Å². The molecule has 0 atom stereocenters. The van der Waals surface area contributed by atoms with Crippen molar-refractivity contribution in [3.05, 3.63) is 54.2 Å². The van der Waals surface area contributed by atoms with E-state index in [1.54, 1.807) is 7.11 Å². The normalized spacial score (nSPS) is 13.8. The molecule has 1 aliphatic rings. The van der Waals surface area contributed by atoms with Gasteiger partial charge in [-0.15, -0.1) is 0 Å². The van der Waals surface area contributed by atoms with Crippen molar-refractivity contribution in [2.45, 2.75) is 19.8 Å². The van der Waals surface area contributed by atoms with Gasteiger partial charge >= 0.3 is 11.9 Å². The van der Waals surface area contributed by atoms with Crippen LogP contribution in [-0.2, 0) is 20.7 Å². The molecule has 1 aliphatic heterocycles. The smallest absolute Gasteiger partial charge is 0.414 e. The van der Waals surface area contributed by atoms with Gasteiger partial charge in [-0.2, -0.15) is 0 Å². The van der Waals surface area contributed by atoms with E-state index >= 15 is 0 Å². The fourth-order valence-electron chi connectivity index (χ4n) is 3.97. The predicted molar refractivity (Wildman–Crippen MR) is 135 cm³/mol. The van der Waals surface area contributed by atoms with Crippen LogP contribution in [0, 0.1) is 0 Å². The van der Waals surface area contributed by atoms with Gasteiger partial charge in [0.2, 0.25) is 0 Å². The number of ether oxygens (including phenoxy) is 1. The highest BCUT2D eigenvalue weighted by molar-refractivity contribution is 6.27. The number of aliphatic carboxylic acids is 2. The Hall–Kier alpha value is -3.56. The lowest BCUT2D eigenvalue weighted by molar-refractivity contribution is -0.159. The number of carbonyl (C=O) groups is 2. The van der Waals surface area contributed by atoms with Crippen LogP contribution >= 0.6 is 0 Å². The maximum atomic E-state index is 9.10. The van der Waals surface area contributed by atoms with Gasteiger partial charge in [-0.1, -0.05) is 37.3 Å². The summed E-state index contributed by atoms with van der Waals surface area (Å²) in [5.74, 6) is -2.56. The second-order valence-corrected chi connectivity index (χ2v) is 8.23. The average Bonchev–Trinajstić information content (AvgIpc) is 2.89. The molecule has 0 bridgehead atoms. The van der Waals surface area contributed by atoms with Gasteiger partial charge < -0.3 is 24.7 Å². The largest absolute Gasteiger partial charge is 0.473 e. The quantitative estimate of drug-likeness (QED) is 0.388. The van der Waals surface area contributed by atoms with Crippen LogP contribution in [0.1, 0.15) is 18.9 Å². The van der Waals surface area contributed by atoms with E-state index in [4.69, 9.17) is 34.5 Å². The zero-order valence-corrected chi connectivity index (χ0v) is 20.2. The van der Waals surface area contributed by atoms with Gasteiger partial charge in [0.05, 0.1) is 11.4 Å². The van der Waals surface area contributed by atoms with Crippen LogP contribution in [0.25, 0.3) is 22.2 Å². The minimum atomic E-state index is -1.82. The van der Waals surface area contributed by atoms with Crippen molar-refractivity contribution < 1.29 is 24.5 Å². The molecule has 4 rings (SSSR count). The summed E-state index contributed by atoms with van der Waals surface area (Å²) in [7, 11) is 1.74. The molecule has 3 aromatic rings. The van der Waals surface area contributed by atoms with Crippen LogP contribution in [0.4, 0.5) is 5.82 Å². The molecule has 0 aliphatic carbocycles. The van der Waals surface area contributed by atoms with Gasteiger partial charge in [-0.05, 0) is 42.5 Å². The first-order valence-corrected chi connectivity index (χ1v) is 11.7. The number of aromatic nitrogens is 2. The SMILES string of the molecule is CCN1CCN(c2nc(-c3ccc(CCCOC)cn3)cc3ccccc23)CC1.O=C(O)C(=O)O. The number of piperazine rings is 1. The third-order valence-electron chi connectivity index (χ3n) is 5.92. The van der Waals surface area contributed by atoms with Gasteiger partial charge in [0, 0.05) is 51.5 Å². The van der Waals surface area contributed by atoms with E-state index in [1.165, 1.54) is 16.3 Å². The third-order valence-corrected chi connectivity index (χ3v) is 5.92. The molecule has 9 nitrogen and oxygen atoms in total. The van der Waals surface area contributed by atoms with Crippen LogP contribution < -0.4 is 4.90 Å². The maximum Gasteiger partial charge on any atom is 0.414 e. The fraction of sp³-hybridized carbons (Fsp3) is 0.385. The second kappa shape index (κ2) is 12.8. The molecule has 186 valence electrons. The van der Waals surface area contributed by atoms with E-state index in [0.717, 1.165) is 69.4 Å². The Morgan fingerprint density at radius 3 is 2.31 bits per heavy atom. The standard InChI is InChI=1S/C24H30N4O.C2H2O4/c1-3-27-12-14-28(15-13-27)24-21-9-5-4-8-20(21)17-23(26-24)22-11-10-19(18-25-22)7-6-16-29-2;3-1(4)2(5)6/h4-5,8-11,17-18H,3,6-7,12-16H2,1-2H3;(H,3,4)(H,5,6). The van der Waals surface area contributed by atoms with Crippen molar-refractivity contribution in [3.8, 4) is 11.4 Å². The van der Waals surface area contributed by atoms with Crippen molar-refractivity contribution >= 4 is 28.5 Å². The van der Waals surface area contributed by atoms with Crippen molar-refractivity contribution in [1.29, 1.82) is 0 Å². The van der Waals surface area contributed by atoms with Gasteiger partial charge in [-0.25, -0.2) is 14.6 Å². The number of aryl methyl sites for hydroxylation is 1. The first kappa shape index (κ1) is 26.1. The lowest BCUT2D eigenvalue weighted by Crippen LogP contribution is -2.46. The predicted octanol–water partition coefficient (Wildman–Crippen LogP) is 3.17. The summed E-state index contributed by atoms with van der Waals surface area (Å²) < 4.78 is 5.14. The van der Waals surface area contributed by atoms with Gasteiger partial charge in [0.1, 0.15) is 5.82 Å². The molecule has 1 aromatic carbocycles. The molecular weight excluding hydrogens is 448 g/mol. The number of hydrogen-bond donors (Lipinski definition) is 2. The summed E-state index contributed by atoms with van der Waals surface area (Å²) in [5, 5.41) is 17.2. The van der Waals surface area contributed by atoms with Crippen molar-refractivity contribution in [1.82, 2.24) is 14.9 Å². The highest BCUT2D eigenvalue weighted by Gasteiger charge is 2.20. The highest BCUT2D eigenvalue weighted by atomic mass is 16.5. The summed E-state index contributed by atoms with van der Waals surface area (Å²) in [5.41, 5.74) is 3.11. The molecule has 0 amide bonds. The summed E-state index contributed by atoms with van der Waals surface area (Å²) in [4.78, 5) is 32.9. The Balaban J connectivity index is 0.000000509. The average molecular weight is 481 g/mol. The topological polar surface area (TPSA) is 116 Å². The zero-order valence-electron chi connectivity index (χ0n) is 20.2. The molecule has 0 saturated carbocycles. The van der Waals surface area contributed by atoms with Crippen LogP contribution in [0.3, 0.4) is 0 Å². The third kappa shape index (κ3) is 7.21. The maximum absolute atomic E-state index is 9.10. The number of likely N-dealkylation sites (N-methyl/N-ethyl adjacent to an activating group) is 1. The second-order valence-electron chi connectivity index (χ2n) is 8.23. The van der Waals surface area contributed by atoms with E-state index in [-0.39, 0.29) is 0 Å². The van der Waals surface area contributed by atoms with Gasteiger partial charge in [-0.3, -0.25) is 4.98 Å². The Kier molecular flexibility index (Phi) is 9.51. The molecule has 0 spiro atoms. The summed E-state index contributed by atoms with van der Waals surface area (Å²) >= 11 is 0. The Morgan fingerprint density at radius 2 is 1.71 bits per heavy atom. The van der Waals surface area contributed by atoms with E-state index in [2.05, 4.69) is 59.2 Å². The van der Waals surface area contributed by atoms with Crippen molar-refractivity contribution in [2.75, 3.05) is 51.3 Å². The molecule has 35 heavy (non-hydrogen) atoms. The van der Waals surface area contributed by atoms with E-state index in [9.17, 15) is 0 Å². The van der Waals surface area contributed by atoms with Gasteiger partial charge in [0.15, 0.2) is 0 Å². The summed E-state index contributed by atoms with van der Waals surface area (Å²) in [6.45, 7) is 8.33. The molecule has 2 N–H and O–H groups in total. The van der Waals surface area contributed by atoms with E-state index < -0.39 is 11.9 Å². The number of hydrogen-bond acceptors (Lipinski definition) is 7. The van der Waals surface area contributed by atoms with Crippen LogP contribution in [0.2, 0.25) is 0 Å². The lowest BCUT2D eigenvalue weighted by Gasteiger charge is -2.35. The number of anilines is 1. The van der Waals surface area contributed by atoms with Crippen molar-refractivity contribution in [2.24, 2.45) is 0 Å². The summed E-state index contributed by atoms with van der Waals surface area (Å²) in [6.07, 6.45) is 3.97. The monoisotopic (exact) mass is 480 g/mol. The molecule has 9 heteroatoms. The number of nitrogens with zero attached hydrogens (tertiary/aromatic N) is 4. The highest BCUT2D eigenvalue weighted by Crippen LogP contribution is 2.30. The Bertz CT molecular complexity index is 1120. The number of rotatable bonds is 7. The number of fused-ring (bicyclic) bond motifs is 1. The molecule has 1 saturated heterocycles. The number of carboxylic acid groups (broad SMARTS) is 2. The minimum absolute atomic E-state index is 0.780. The number of methoxy groups -OCH3 is 1. The molecule has 1 fully saturated rings. The molecule has 0 unspecified atom stereocenters. The summed E-state index contributed by atoms with van der Waals surface area (Å²) in [6, 6.07) is 15.0. The molecular formula is C26H32N4O5. The molecule has 0 radical (unpaired) electrons. The molecule has 2 aromatic heterocycles. The molecule has 3 heterocycles. The first-order chi connectivity index (χ1) is 16.9.